The van der Waals surface area contributed by atoms with Crippen LogP contribution in [0.1, 0.15) is 20.8 Å². The molecule has 0 aromatic rings. The predicted octanol–water partition coefficient (Wildman–Crippen LogP) is 0.633. The molecule has 0 saturated heterocycles. The number of nitrogens with zero attached hydrogens (tertiary/aromatic N) is 1. The lowest BCUT2D eigenvalue weighted by atomic mass is 9.93. The van der Waals surface area contributed by atoms with Gasteiger partial charge in [-0.15, -0.1) is 0 Å². The summed E-state index contributed by atoms with van der Waals surface area (Å²) in [5.41, 5.74) is 5.58. The van der Waals surface area contributed by atoms with Gasteiger partial charge >= 0.3 is 6.03 Å². The summed E-state index contributed by atoms with van der Waals surface area (Å²) in [7, 11) is 1.64. The summed E-state index contributed by atoms with van der Waals surface area (Å²) in [5.74, 6) is 0. The smallest absolute Gasteiger partial charge is 0.317 e. The van der Waals surface area contributed by atoms with Gasteiger partial charge in [0.1, 0.15) is 0 Å². The minimum absolute atomic E-state index is 0.0114. The number of carbonyl (C=O) groups excluding carboxylic acids is 1. The van der Waals surface area contributed by atoms with Crippen molar-refractivity contribution >= 4 is 6.03 Å². The fourth-order valence-electron chi connectivity index (χ4n) is 1.07. The molecule has 0 unspecified atom stereocenters. The molecular formula is C9H21N3O. The highest BCUT2D eigenvalue weighted by atomic mass is 16.2. The van der Waals surface area contributed by atoms with Crippen LogP contribution in [0.5, 0.6) is 0 Å². The van der Waals surface area contributed by atoms with E-state index in [-0.39, 0.29) is 11.4 Å². The van der Waals surface area contributed by atoms with Gasteiger partial charge in [0, 0.05) is 20.1 Å². The molecule has 0 radical (unpaired) electrons. The predicted molar refractivity (Wildman–Crippen MR) is 54.5 cm³/mol. The van der Waals surface area contributed by atoms with Gasteiger partial charge in [0.15, 0.2) is 0 Å². The summed E-state index contributed by atoms with van der Waals surface area (Å²) in [5, 5.41) is 2.61. The number of carbonyl (C=O) groups is 1. The van der Waals surface area contributed by atoms with E-state index >= 15 is 0 Å². The highest BCUT2D eigenvalue weighted by Gasteiger charge is 2.21. The van der Waals surface area contributed by atoms with Crippen LogP contribution in [-0.4, -0.2) is 37.6 Å². The van der Waals surface area contributed by atoms with Gasteiger partial charge in [0.2, 0.25) is 0 Å². The second kappa shape index (κ2) is 5.07. The van der Waals surface area contributed by atoms with E-state index in [9.17, 15) is 4.79 Å². The van der Waals surface area contributed by atoms with Crippen molar-refractivity contribution in [1.82, 2.24) is 10.2 Å². The quantitative estimate of drug-likeness (QED) is 0.678. The lowest BCUT2D eigenvalue weighted by molar-refractivity contribution is 0.175. The molecule has 0 bridgehead atoms. The van der Waals surface area contributed by atoms with Gasteiger partial charge in [-0.25, -0.2) is 4.79 Å². The average Bonchev–Trinajstić information content (AvgIpc) is 2.13. The van der Waals surface area contributed by atoms with Crippen LogP contribution in [0.3, 0.4) is 0 Å². The number of amides is 2. The highest BCUT2D eigenvalue weighted by molar-refractivity contribution is 5.73. The van der Waals surface area contributed by atoms with Crippen molar-refractivity contribution in [3.63, 3.8) is 0 Å². The van der Waals surface area contributed by atoms with Crippen LogP contribution in [0.15, 0.2) is 0 Å². The highest BCUT2D eigenvalue weighted by Crippen LogP contribution is 2.14. The molecule has 13 heavy (non-hydrogen) atoms. The maximum absolute atomic E-state index is 11.3. The molecule has 0 aromatic carbocycles. The summed E-state index contributed by atoms with van der Waals surface area (Å²) < 4.78 is 0. The zero-order valence-corrected chi connectivity index (χ0v) is 9.05. The molecule has 0 aliphatic heterocycles. The Bertz CT molecular complexity index is 168. The van der Waals surface area contributed by atoms with Crippen LogP contribution < -0.4 is 11.1 Å². The standard InChI is InChI=1S/C9H21N3O/c1-5-12(8(13)11-4)7-9(2,3)6-10/h5-7,10H2,1-4H3,(H,11,13). The minimum Gasteiger partial charge on any atom is -0.341 e. The van der Waals surface area contributed by atoms with Crippen molar-refractivity contribution in [1.29, 1.82) is 0 Å². The number of hydrogen-bond acceptors (Lipinski definition) is 2. The Kier molecular flexibility index (Phi) is 4.77. The van der Waals surface area contributed by atoms with Gasteiger partial charge in [-0.05, 0) is 18.9 Å². The molecule has 0 heterocycles. The second-order valence-electron chi connectivity index (χ2n) is 3.94. The van der Waals surface area contributed by atoms with Crippen LogP contribution in [0, 0.1) is 5.41 Å². The third kappa shape index (κ3) is 4.12. The Labute approximate surface area is 80.5 Å². The molecule has 78 valence electrons. The van der Waals surface area contributed by atoms with Crippen molar-refractivity contribution in [3.8, 4) is 0 Å². The summed E-state index contributed by atoms with van der Waals surface area (Å²) in [6.07, 6.45) is 0. The lowest BCUT2D eigenvalue weighted by Crippen LogP contribution is -2.45. The van der Waals surface area contributed by atoms with E-state index < -0.39 is 0 Å². The molecule has 4 nitrogen and oxygen atoms in total. The van der Waals surface area contributed by atoms with Crippen LogP contribution in [0.2, 0.25) is 0 Å². The van der Waals surface area contributed by atoms with Gasteiger partial charge in [0.05, 0.1) is 0 Å². The third-order valence-corrected chi connectivity index (χ3v) is 2.05. The molecule has 0 spiro atoms. The molecule has 0 aliphatic rings. The van der Waals surface area contributed by atoms with Crippen LogP contribution in [-0.2, 0) is 0 Å². The van der Waals surface area contributed by atoms with Gasteiger partial charge in [0.25, 0.3) is 0 Å². The fourth-order valence-corrected chi connectivity index (χ4v) is 1.07. The van der Waals surface area contributed by atoms with Crippen molar-refractivity contribution in [2.75, 3.05) is 26.7 Å². The molecule has 4 heteroatoms. The van der Waals surface area contributed by atoms with Crippen molar-refractivity contribution in [2.24, 2.45) is 11.1 Å². The first kappa shape index (κ1) is 12.2. The summed E-state index contributed by atoms with van der Waals surface area (Å²) >= 11 is 0. The van der Waals surface area contributed by atoms with Crippen LogP contribution in [0.4, 0.5) is 4.79 Å². The number of urea groups is 1. The van der Waals surface area contributed by atoms with E-state index in [0.717, 1.165) is 0 Å². The number of nitrogens with one attached hydrogen (secondary N) is 1. The van der Waals surface area contributed by atoms with E-state index in [1.54, 1.807) is 11.9 Å². The zero-order valence-electron chi connectivity index (χ0n) is 9.05. The van der Waals surface area contributed by atoms with Gasteiger partial charge in [-0.3, -0.25) is 0 Å². The molecule has 0 saturated carbocycles. The first-order valence-electron chi connectivity index (χ1n) is 4.63. The van der Waals surface area contributed by atoms with Gasteiger partial charge in [-0.1, -0.05) is 13.8 Å². The third-order valence-electron chi connectivity index (χ3n) is 2.05. The molecule has 3 N–H and O–H groups in total. The van der Waals surface area contributed by atoms with E-state index in [0.29, 0.717) is 19.6 Å². The maximum atomic E-state index is 11.3. The Morgan fingerprint density at radius 3 is 2.38 bits per heavy atom. The van der Waals surface area contributed by atoms with Gasteiger partial charge in [-0.2, -0.15) is 0 Å². The Morgan fingerprint density at radius 1 is 1.54 bits per heavy atom. The normalized spacial score (nSPS) is 11.2. The maximum Gasteiger partial charge on any atom is 0.317 e. The molecule has 0 aromatic heterocycles. The largest absolute Gasteiger partial charge is 0.341 e. The second-order valence-corrected chi connectivity index (χ2v) is 3.94. The summed E-state index contributed by atoms with van der Waals surface area (Å²) in [6, 6.07) is -0.0379. The number of rotatable bonds is 4. The summed E-state index contributed by atoms with van der Waals surface area (Å²) in [6.45, 7) is 8.06. The van der Waals surface area contributed by atoms with Gasteiger partial charge < -0.3 is 16.0 Å². The fraction of sp³-hybridized carbons (Fsp3) is 0.889. The number of hydrogen-bond donors (Lipinski definition) is 2. The van der Waals surface area contributed by atoms with Crippen molar-refractivity contribution < 1.29 is 4.79 Å². The summed E-state index contributed by atoms with van der Waals surface area (Å²) in [4.78, 5) is 13.1. The number of nitrogens with two attached hydrogens (primary N) is 1. The monoisotopic (exact) mass is 187 g/mol. The molecule has 0 aliphatic carbocycles. The van der Waals surface area contributed by atoms with E-state index in [4.69, 9.17) is 5.73 Å². The Balaban J connectivity index is 4.20. The molecule has 0 rings (SSSR count). The topological polar surface area (TPSA) is 58.4 Å². The average molecular weight is 187 g/mol. The zero-order chi connectivity index (χ0) is 10.5. The molecule has 0 atom stereocenters. The Morgan fingerprint density at radius 2 is 2.08 bits per heavy atom. The first-order chi connectivity index (χ1) is 5.96. The SMILES string of the molecule is CCN(CC(C)(C)CN)C(=O)NC. The first-order valence-corrected chi connectivity index (χ1v) is 4.63. The Hall–Kier alpha value is -0.770. The van der Waals surface area contributed by atoms with E-state index in [1.165, 1.54) is 0 Å². The lowest BCUT2D eigenvalue weighted by Gasteiger charge is -2.30. The minimum atomic E-state index is -0.0379. The molecule has 0 fully saturated rings. The van der Waals surface area contributed by atoms with Crippen LogP contribution in [0.25, 0.3) is 0 Å². The van der Waals surface area contributed by atoms with E-state index in [1.807, 2.05) is 6.92 Å². The van der Waals surface area contributed by atoms with Crippen LogP contribution >= 0.6 is 0 Å². The molecule has 2 amide bonds. The van der Waals surface area contributed by atoms with E-state index in [2.05, 4.69) is 19.2 Å². The van der Waals surface area contributed by atoms with Crippen molar-refractivity contribution in [3.05, 3.63) is 0 Å². The van der Waals surface area contributed by atoms with Crippen molar-refractivity contribution in [2.45, 2.75) is 20.8 Å². The molecular weight excluding hydrogens is 166 g/mol.